The summed E-state index contributed by atoms with van der Waals surface area (Å²) >= 11 is 0. The third kappa shape index (κ3) is 3.25. The number of fused-ring (bicyclic) bond motifs is 1. The smallest absolute Gasteiger partial charge is 0.136 e. The second-order valence-corrected chi connectivity index (χ2v) is 7.70. The van der Waals surface area contributed by atoms with Gasteiger partial charge in [0.2, 0.25) is 0 Å². The van der Waals surface area contributed by atoms with Gasteiger partial charge in [-0.1, -0.05) is 6.92 Å². The lowest BCUT2D eigenvalue weighted by molar-refractivity contribution is -0.131. The quantitative estimate of drug-likeness (QED) is 0.841. The van der Waals surface area contributed by atoms with Gasteiger partial charge in [-0.15, -0.1) is 0 Å². The Labute approximate surface area is 123 Å². The molecule has 0 saturated heterocycles. The van der Waals surface area contributed by atoms with Crippen molar-refractivity contribution in [3.63, 3.8) is 0 Å². The van der Waals surface area contributed by atoms with Crippen molar-refractivity contribution in [3.8, 4) is 0 Å². The Morgan fingerprint density at radius 1 is 1.45 bits per heavy atom. The van der Waals surface area contributed by atoms with Gasteiger partial charge in [0.25, 0.3) is 0 Å². The highest BCUT2D eigenvalue weighted by Crippen LogP contribution is 2.55. The van der Waals surface area contributed by atoms with E-state index in [0.717, 1.165) is 32.1 Å². The monoisotopic (exact) mass is 282 g/mol. The summed E-state index contributed by atoms with van der Waals surface area (Å²) in [4.78, 5) is 12.1. The molecule has 0 bridgehead atoms. The standard InChI is InChI=1S/C17H30O3/c1-12(20-11-10-16(2,3)19)13-7-8-14-15(18)6-5-9-17(13,14)4/h12-14,19H,5-11H2,1-4H3/t12-,13+,14+,17+/m0/s1. The Hall–Kier alpha value is -0.410. The van der Waals surface area contributed by atoms with Gasteiger partial charge in [-0.05, 0) is 64.2 Å². The van der Waals surface area contributed by atoms with E-state index in [-0.39, 0.29) is 17.4 Å². The maximum absolute atomic E-state index is 12.1. The third-order valence-corrected chi connectivity index (χ3v) is 5.60. The Balaban J connectivity index is 1.93. The predicted octanol–water partition coefficient (Wildman–Crippen LogP) is 3.34. The fourth-order valence-corrected chi connectivity index (χ4v) is 4.35. The average Bonchev–Trinajstić information content (AvgIpc) is 2.66. The van der Waals surface area contributed by atoms with Crippen LogP contribution in [0.2, 0.25) is 0 Å². The summed E-state index contributed by atoms with van der Waals surface area (Å²) in [6.45, 7) is 8.65. The highest BCUT2D eigenvalue weighted by Gasteiger charge is 2.52. The molecule has 2 aliphatic rings. The Kier molecular flexibility index (Phi) is 4.60. The van der Waals surface area contributed by atoms with E-state index in [4.69, 9.17) is 4.74 Å². The highest BCUT2D eigenvalue weighted by molar-refractivity contribution is 5.83. The molecule has 0 radical (unpaired) electrons. The Morgan fingerprint density at radius 3 is 2.80 bits per heavy atom. The van der Waals surface area contributed by atoms with Gasteiger partial charge in [-0.3, -0.25) is 4.79 Å². The number of ether oxygens (including phenoxy) is 1. The summed E-state index contributed by atoms with van der Waals surface area (Å²) in [6.07, 6.45) is 5.96. The number of hydrogen-bond donors (Lipinski definition) is 1. The van der Waals surface area contributed by atoms with Crippen molar-refractivity contribution in [2.75, 3.05) is 6.61 Å². The van der Waals surface area contributed by atoms with Crippen LogP contribution in [-0.4, -0.2) is 29.2 Å². The summed E-state index contributed by atoms with van der Waals surface area (Å²) in [7, 11) is 0. The lowest BCUT2D eigenvalue weighted by Gasteiger charge is -2.42. The molecule has 1 N–H and O–H groups in total. The SMILES string of the molecule is C[C@H](OCCC(C)(C)O)[C@H]1CC[C@@H]2C(=O)CCC[C@@]21C. The second kappa shape index (κ2) is 5.76. The van der Waals surface area contributed by atoms with Crippen LogP contribution in [0.3, 0.4) is 0 Å². The van der Waals surface area contributed by atoms with Gasteiger partial charge in [0.15, 0.2) is 0 Å². The van der Waals surface area contributed by atoms with Crippen molar-refractivity contribution < 1.29 is 14.6 Å². The Morgan fingerprint density at radius 2 is 2.15 bits per heavy atom. The van der Waals surface area contributed by atoms with Gasteiger partial charge in [-0.25, -0.2) is 0 Å². The molecule has 0 aliphatic heterocycles. The van der Waals surface area contributed by atoms with Crippen LogP contribution in [0.1, 0.15) is 66.2 Å². The molecule has 116 valence electrons. The predicted molar refractivity (Wildman–Crippen MR) is 79.5 cm³/mol. The fraction of sp³-hybridized carbons (Fsp3) is 0.941. The molecule has 0 aromatic rings. The van der Waals surface area contributed by atoms with Crippen molar-refractivity contribution in [2.45, 2.75) is 77.9 Å². The van der Waals surface area contributed by atoms with Crippen LogP contribution in [0, 0.1) is 17.3 Å². The average molecular weight is 282 g/mol. The minimum atomic E-state index is -0.664. The molecule has 20 heavy (non-hydrogen) atoms. The molecule has 0 heterocycles. The Bertz CT molecular complexity index is 358. The molecule has 2 rings (SSSR count). The van der Waals surface area contributed by atoms with Crippen LogP contribution in [0.4, 0.5) is 0 Å². The second-order valence-electron chi connectivity index (χ2n) is 7.70. The zero-order valence-corrected chi connectivity index (χ0v) is 13.4. The topological polar surface area (TPSA) is 46.5 Å². The molecular formula is C17H30O3. The first-order valence-corrected chi connectivity index (χ1v) is 8.11. The van der Waals surface area contributed by atoms with Crippen LogP contribution in [0.15, 0.2) is 0 Å². The van der Waals surface area contributed by atoms with Crippen LogP contribution < -0.4 is 0 Å². The molecule has 4 atom stereocenters. The number of carbonyl (C=O) groups excluding carboxylic acids is 1. The summed E-state index contributed by atoms with van der Waals surface area (Å²) < 4.78 is 5.98. The molecule has 0 aromatic heterocycles. The lowest BCUT2D eigenvalue weighted by Crippen LogP contribution is -2.41. The number of ketones is 1. The molecule has 0 aromatic carbocycles. The third-order valence-electron chi connectivity index (χ3n) is 5.60. The highest BCUT2D eigenvalue weighted by atomic mass is 16.5. The minimum Gasteiger partial charge on any atom is -0.390 e. The van der Waals surface area contributed by atoms with Gasteiger partial charge in [0.1, 0.15) is 5.78 Å². The van der Waals surface area contributed by atoms with E-state index in [2.05, 4.69) is 13.8 Å². The first-order chi connectivity index (χ1) is 9.24. The lowest BCUT2D eigenvalue weighted by atomic mass is 9.64. The first kappa shape index (κ1) is 16.0. The van der Waals surface area contributed by atoms with Crippen molar-refractivity contribution in [2.24, 2.45) is 17.3 Å². The van der Waals surface area contributed by atoms with E-state index in [9.17, 15) is 9.90 Å². The van der Waals surface area contributed by atoms with Gasteiger partial charge in [0, 0.05) is 18.9 Å². The molecule has 2 fully saturated rings. The largest absolute Gasteiger partial charge is 0.390 e. The van der Waals surface area contributed by atoms with E-state index < -0.39 is 5.60 Å². The maximum Gasteiger partial charge on any atom is 0.136 e. The van der Waals surface area contributed by atoms with Gasteiger partial charge in [0.05, 0.1) is 11.7 Å². The molecular weight excluding hydrogens is 252 g/mol. The van der Waals surface area contributed by atoms with Crippen LogP contribution in [0.25, 0.3) is 0 Å². The first-order valence-electron chi connectivity index (χ1n) is 8.11. The number of Topliss-reactive ketones (excluding diaryl/α,β-unsaturated/α-hetero) is 1. The van der Waals surface area contributed by atoms with E-state index in [1.165, 1.54) is 0 Å². The van der Waals surface area contributed by atoms with Crippen LogP contribution in [-0.2, 0) is 9.53 Å². The molecule has 2 saturated carbocycles. The van der Waals surface area contributed by atoms with Crippen molar-refractivity contribution in [1.82, 2.24) is 0 Å². The molecule has 0 spiro atoms. The number of carbonyl (C=O) groups is 1. The van der Waals surface area contributed by atoms with Crippen molar-refractivity contribution >= 4 is 5.78 Å². The fourth-order valence-electron chi connectivity index (χ4n) is 4.35. The zero-order chi connectivity index (χ0) is 15.0. The van der Waals surface area contributed by atoms with Gasteiger partial charge < -0.3 is 9.84 Å². The molecule has 0 amide bonds. The summed E-state index contributed by atoms with van der Waals surface area (Å²) in [6, 6.07) is 0. The van der Waals surface area contributed by atoms with Gasteiger partial charge >= 0.3 is 0 Å². The van der Waals surface area contributed by atoms with Gasteiger partial charge in [-0.2, -0.15) is 0 Å². The van der Waals surface area contributed by atoms with Crippen LogP contribution in [0.5, 0.6) is 0 Å². The minimum absolute atomic E-state index is 0.142. The number of aliphatic hydroxyl groups is 1. The van der Waals surface area contributed by atoms with E-state index in [1.54, 1.807) is 0 Å². The number of hydrogen-bond acceptors (Lipinski definition) is 3. The molecule has 0 unspecified atom stereocenters. The van der Waals surface area contributed by atoms with E-state index in [0.29, 0.717) is 24.7 Å². The normalized spacial score (nSPS) is 36.0. The van der Waals surface area contributed by atoms with E-state index in [1.807, 2.05) is 13.8 Å². The van der Waals surface area contributed by atoms with E-state index >= 15 is 0 Å². The zero-order valence-electron chi connectivity index (χ0n) is 13.4. The molecule has 3 heteroatoms. The van der Waals surface area contributed by atoms with Crippen molar-refractivity contribution in [1.29, 1.82) is 0 Å². The summed E-state index contributed by atoms with van der Waals surface area (Å²) in [5.41, 5.74) is -0.522. The van der Waals surface area contributed by atoms with Crippen LogP contribution >= 0.6 is 0 Å². The van der Waals surface area contributed by atoms with Crippen molar-refractivity contribution in [3.05, 3.63) is 0 Å². The molecule has 3 nitrogen and oxygen atoms in total. The maximum atomic E-state index is 12.1. The number of rotatable bonds is 5. The molecule has 2 aliphatic carbocycles. The summed E-state index contributed by atoms with van der Waals surface area (Å²) in [5.74, 6) is 1.23. The summed E-state index contributed by atoms with van der Waals surface area (Å²) in [5, 5.41) is 9.74.